The highest BCUT2D eigenvalue weighted by molar-refractivity contribution is 5.98. The van der Waals surface area contributed by atoms with Crippen molar-refractivity contribution in [2.24, 2.45) is 0 Å². The van der Waals surface area contributed by atoms with Crippen LogP contribution in [0.3, 0.4) is 0 Å². The molecule has 0 saturated heterocycles. The van der Waals surface area contributed by atoms with Gasteiger partial charge in [-0.25, -0.2) is 9.37 Å². The summed E-state index contributed by atoms with van der Waals surface area (Å²) in [6, 6.07) is 10.1. The van der Waals surface area contributed by atoms with Crippen LogP contribution in [0.25, 0.3) is 22.2 Å². The second-order valence-electron chi connectivity index (χ2n) is 5.05. The van der Waals surface area contributed by atoms with E-state index < -0.39 is 0 Å². The topological polar surface area (TPSA) is 28.7 Å². The van der Waals surface area contributed by atoms with E-state index in [-0.39, 0.29) is 5.82 Å². The van der Waals surface area contributed by atoms with Gasteiger partial charge in [-0.1, -0.05) is 43.7 Å². The maximum Gasteiger partial charge on any atom is 0.145 e. The number of pyridine rings is 1. The van der Waals surface area contributed by atoms with Crippen molar-refractivity contribution < 1.29 is 4.39 Å². The van der Waals surface area contributed by atoms with E-state index in [1.165, 1.54) is 6.20 Å². The number of aryl methyl sites for hydroxylation is 2. The molecule has 0 fully saturated rings. The molecule has 20 heavy (non-hydrogen) atoms. The molecule has 3 heteroatoms. The second-order valence-corrected chi connectivity index (χ2v) is 5.05. The first kappa shape index (κ1) is 12.9. The number of H-pyrrole nitrogens is 1. The van der Waals surface area contributed by atoms with Crippen molar-refractivity contribution in [3.05, 3.63) is 53.6 Å². The molecule has 3 aromatic rings. The molecule has 3 rings (SSSR count). The number of halogens is 1. The molecule has 0 radical (unpaired) electrons. The van der Waals surface area contributed by atoms with Crippen molar-refractivity contribution in [2.75, 3.05) is 0 Å². The van der Waals surface area contributed by atoms with Crippen LogP contribution in [0.5, 0.6) is 0 Å². The fourth-order valence-corrected chi connectivity index (χ4v) is 2.78. The van der Waals surface area contributed by atoms with E-state index >= 15 is 0 Å². The van der Waals surface area contributed by atoms with Gasteiger partial charge in [-0.15, -0.1) is 0 Å². The summed E-state index contributed by atoms with van der Waals surface area (Å²) in [5.41, 5.74) is 4.73. The SMILES string of the molecule is CCCc1c(F)cnc2[nH]c(C)c(-c3ccccc3)c12. The third-order valence-corrected chi connectivity index (χ3v) is 3.63. The van der Waals surface area contributed by atoms with Gasteiger partial charge in [0.25, 0.3) is 0 Å². The lowest BCUT2D eigenvalue weighted by atomic mass is 9.98. The Morgan fingerprint density at radius 2 is 1.95 bits per heavy atom. The number of rotatable bonds is 3. The van der Waals surface area contributed by atoms with Crippen molar-refractivity contribution >= 4 is 11.0 Å². The molecule has 0 amide bonds. The van der Waals surface area contributed by atoms with Crippen LogP contribution in [0.1, 0.15) is 24.6 Å². The fraction of sp³-hybridized carbons (Fsp3) is 0.235. The summed E-state index contributed by atoms with van der Waals surface area (Å²) in [6.07, 6.45) is 2.95. The molecule has 0 atom stereocenters. The number of nitrogens with zero attached hydrogens (tertiary/aromatic N) is 1. The normalized spacial score (nSPS) is 11.2. The Morgan fingerprint density at radius 3 is 2.65 bits per heavy atom. The summed E-state index contributed by atoms with van der Waals surface area (Å²) in [7, 11) is 0. The van der Waals surface area contributed by atoms with Crippen molar-refractivity contribution in [1.29, 1.82) is 0 Å². The number of aromatic nitrogens is 2. The quantitative estimate of drug-likeness (QED) is 0.737. The summed E-state index contributed by atoms with van der Waals surface area (Å²) in [6.45, 7) is 4.07. The molecule has 1 N–H and O–H groups in total. The van der Waals surface area contributed by atoms with Crippen LogP contribution in [-0.2, 0) is 6.42 Å². The van der Waals surface area contributed by atoms with Crippen LogP contribution < -0.4 is 0 Å². The van der Waals surface area contributed by atoms with E-state index in [2.05, 4.69) is 29.0 Å². The minimum Gasteiger partial charge on any atom is -0.343 e. The molecule has 2 heterocycles. The maximum absolute atomic E-state index is 14.1. The average molecular weight is 268 g/mol. The predicted molar refractivity (Wildman–Crippen MR) is 80.2 cm³/mol. The monoisotopic (exact) mass is 268 g/mol. The first-order valence-electron chi connectivity index (χ1n) is 6.93. The maximum atomic E-state index is 14.1. The van der Waals surface area contributed by atoms with E-state index in [0.717, 1.165) is 46.3 Å². The number of hydrogen-bond donors (Lipinski definition) is 1. The Labute approximate surface area is 117 Å². The third-order valence-electron chi connectivity index (χ3n) is 3.63. The van der Waals surface area contributed by atoms with Gasteiger partial charge in [-0.3, -0.25) is 0 Å². The minimum atomic E-state index is -0.212. The van der Waals surface area contributed by atoms with Crippen molar-refractivity contribution in [1.82, 2.24) is 9.97 Å². The standard InChI is InChI=1S/C17H17FN2/c1-3-7-13-14(18)10-19-17-16(13)15(11(2)20-17)12-8-5-4-6-9-12/h4-6,8-10H,3,7H2,1-2H3,(H,19,20). The molecule has 1 aromatic carbocycles. The molecule has 2 aromatic heterocycles. The molecular formula is C17H17FN2. The smallest absolute Gasteiger partial charge is 0.145 e. The molecule has 0 aliphatic carbocycles. The molecule has 0 saturated carbocycles. The summed E-state index contributed by atoms with van der Waals surface area (Å²) in [5, 5.41) is 0.926. The lowest BCUT2D eigenvalue weighted by Crippen LogP contribution is -1.94. The fourth-order valence-electron chi connectivity index (χ4n) is 2.78. The molecule has 0 aliphatic heterocycles. The number of fused-ring (bicyclic) bond motifs is 1. The molecule has 0 aliphatic rings. The van der Waals surface area contributed by atoms with Crippen LogP contribution in [0.15, 0.2) is 36.5 Å². The largest absolute Gasteiger partial charge is 0.343 e. The van der Waals surface area contributed by atoms with Gasteiger partial charge >= 0.3 is 0 Å². The molecule has 2 nitrogen and oxygen atoms in total. The van der Waals surface area contributed by atoms with Gasteiger partial charge < -0.3 is 4.98 Å². The van der Waals surface area contributed by atoms with Crippen LogP contribution in [0, 0.1) is 12.7 Å². The number of hydrogen-bond acceptors (Lipinski definition) is 1. The van der Waals surface area contributed by atoms with Crippen LogP contribution in [0.4, 0.5) is 4.39 Å². The van der Waals surface area contributed by atoms with Gasteiger partial charge in [0, 0.05) is 22.2 Å². The zero-order valence-corrected chi connectivity index (χ0v) is 11.7. The lowest BCUT2D eigenvalue weighted by molar-refractivity contribution is 0.605. The second kappa shape index (κ2) is 5.08. The Balaban J connectivity index is 2.36. The summed E-state index contributed by atoms with van der Waals surface area (Å²) in [5.74, 6) is -0.212. The molecule has 0 spiro atoms. The summed E-state index contributed by atoms with van der Waals surface area (Å²) >= 11 is 0. The summed E-state index contributed by atoms with van der Waals surface area (Å²) < 4.78 is 14.1. The molecule has 0 unspecified atom stereocenters. The molecule has 0 bridgehead atoms. The predicted octanol–water partition coefficient (Wildman–Crippen LogP) is 4.63. The first-order chi connectivity index (χ1) is 9.72. The van der Waals surface area contributed by atoms with Crippen LogP contribution in [0.2, 0.25) is 0 Å². The van der Waals surface area contributed by atoms with E-state index in [9.17, 15) is 4.39 Å². The number of benzene rings is 1. The van der Waals surface area contributed by atoms with Gasteiger partial charge in [0.15, 0.2) is 0 Å². The van der Waals surface area contributed by atoms with E-state index in [4.69, 9.17) is 0 Å². The highest BCUT2D eigenvalue weighted by Gasteiger charge is 2.17. The van der Waals surface area contributed by atoms with Gasteiger partial charge in [-0.05, 0) is 18.9 Å². The van der Waals surface area contributed by atoms with E-state index in [1.54, 1.807) is 0 Å². The highest BCUT2D eigenvalue weighted by atomic mass is 19.1. The van der Waals surface area contributed by atoms with Crippen LogP contribution >= 0.6 is 0 Å². The zero-order valence-electron chi connectivity index (χ0n) is 11.7. The number of aromatic amines is 1. The zero-order chi connectivity index (χ0) is 14.1. The van der Waals surface area contributed by atoms with Gasteiger partial charge in [0.05, 0.1) is 6.20 Å². The van der Waals surface area contributed by atoms with E-state index in [1.807, 2.05) is 25.1 Å². The average Bonchev–Trinajstić information content (AvgIpc) is 2.79. The molecular weight excluding hydrogens is 251 g/mol. The lowest BCUT2D eigenvalue weighted by Gasteiger charge is -2.07. The van der Waals surface area contributed by atoms with Crippen molar-refractivity contribution in [3.63, 3.8) is 0 Å². The first-order valence-corrected chi connectivity index (χ1v) is 6.93. The minimum absolute atomic E-state index is 0.212. The Kier molecular flexibility index (Phi) is 3.26. The van der Waals surface area contributed by atoms with Crippen molar-refractivity contribution in [2.45, 2.75) is 26.7 Å². The number of nitrogens with one attached hydrogen (secondary N) is 1. The van der Waals surface area contributed by atoms with E-state index in [0.29, 0.717) is 0 Å². The Hall–Kier alpha value is -2.16. The van der Waals surface area contributed by atoms with Gasteiger partial charge in [0.2, 0.25) is 0 Å². The van der Waals surface area contributed by atoms with Crippen LogP contribution in [-0.4, -0.2) is 9.97 Å². The highest BCUT2D eigenvalue weighted by Crippen LogP contribution is 2.34. The third kappa shape index (κ3) is 1.99. The van der Waals surface area contributed by atoms with Crippen molar-refractivity contribution in [3.8, 4) is 11.1 Å². The van der Waals surface area contributed by atoms with Gasteiger partial charge in [0.1, 0.15) is 11.5 Å². The van der Waals surface area contributed by atoms with Gasteiger partial charge in [-0.2, -0.15) is 0 Å². The summed E-state index contributed by atoms with van der Waals surface area (Å²) in [4.78, 5) is 7.47. The molecule has 102 valence electrons. The Bertz CT molecular complexity index is 745. The Morgan fingerprint density at radius 1 is 1.20 bits per heavy atom.